The summed E-state index contributed by atoms with van der Waals surface area (Å²) in [6.45, 7) is 1.41. The van der Waals surface area contributed by atoms with Crippen LogP contribution in [0.3, 0.4) is 0 Å². The first-order valence-electron chi connectivity index (χ1n) is 8.38. The molecule has 144 valence electrons. The third-order valence-corrected chi connectivity index (χ3v) is 4.52. The van der Waals surface area contributed by atoms with Gasteiger partial charge in [-0.3, -0.25) is 9.69 Å². The molecule has 1 fully saturated rings. The second-order valence-electron chi connectivity index (χ2n) is 6.24. The lowest BCUT2D eigenvalue weighted by molar-refractivity contribution is -0.137. The molecule has 0 aromatic heterocycles. The van der Waals surface area contributed by atoms with Crippen molar-refractivity contribution in [3.05, 3.63) is 64.7 Å². The average Bonchev–Trinajstić information content (AvgIpc) is 2.62. The number of morpholine rings is 1. The molecule has 0 spiro atoms. The van der Waals surface area contributed by atoms with Crippen molar-refractivity contribution in [3.8, 4) is 0 Å². The molecule has 8 heteroatoms. The van der Waals surface area contributed by atoms with Crippen molar-refractivity contribution < 1.29 is 22.7 Å². The molecule has 1 N–H and O–H groups in total. The first-order valence-corrected chi connectivity index (χ1v) is 8.76. The fourth-order valence-electron chi connectivity index (χ4n) is 2.96. The van der Waals surface area contributed by atoms with E-state index in [1.807, 2.05) is 17.0 Å². The third kappa shape index (κ3) is 5.22. The molecule has 1 atom stereocenters. The maximum atomic E-state index is 13.0. The Balaban J connectivity index is 1.62. The number of para-hydroxylation sites is 1. The number of anilines is 1. The fraction of sp³-hybridized carbons (Fsp3) is 0.316. The summed E-state index contributed by atoms with van der Waals surface area (Å²) in [5, 5.41) is 2.99. The van der Waals surface area contributed by atoms with Crippen LogP contribution in [0.4, 0.5) is 18.9 Å². The monoisotopic (exact) mass is 398 g/mol. The molecule has 1 aliphatic rings. The highest BCUT2D eigenvalue weighted by atomic mass is 35.5. The topological polar surface area (TPSA) is 41.6 Å². The van der Waals surface area contributed by atoms with E-state index in [1.165, 1.54) is 18.2 Å². The Kier molecular flexibility index (Phi) is 6.04. The molecule has 2 aromatic carbocycles. The highest BCUT2D eigenvalue weighted by Gasteiger charge is 2.33. The van der Waals surface area contributed by atoms with Crippen molar-refractivity contribution in [2.24, 2.45) is 0 Å². The van der Waals surface area contributed by atoms with E-state index < -0.39 is 17.6 Å². The Hall–Kier alpha value is -2.09. The molecule has 3 rings (SSSR count). The molecule has 0 saturated carbocycles. The van der Waals surface area contributed by atoms with Crippen LogP contribution >= 0.6 is 11.6 Å². The summed E-state index contributed by atoms with van der Waals surface area (Å²) >= 11 is 5.89. The van der Waals surface area contributed by atoms with Gasteiger partial charge in [0.15, 0.2) is 0 Å². The highest BCUT2D eigenvalue weighted by molar-refractivity contribution is 6.30. The van der Waals surface area contributed by atoms with Crippen molar-refractivity contribution in [1.82, 2.24) is 4.90 Å². The Morgan fingerprint density at radius 2 is 1.89 bits per heavy atom. The largest absolute Gasteiger partial charge is 0.418 e. The SMILES string of the molecule is O=C(CN1CCOC(c2ccc(Cl)cc2)C1)Nc1ccccc1C(F)(F)F. The number of carbonyl (C=O) groups excluding carboxylic acids is 1. The van der Waals surface area contributed by atoms with Crippen LogP contribution < -0.4 is 5.32 Å². The zero-order chi connectivity index (χ0) is 19.4. The Morgan fingerprint density at radius 3 is 2.59 bits per heavy atom. The van der Waals surface area contributed by atoms with Gasteiger partial charge in [-0.2, -0.15) is 13.2 Å². The summed E-state index contributed by atoms with van der Waals surface area (Å²) in [7, 11) is 0. The Bertz CT molecular complexity index is 796. The van der Waals surface area contributed by atoms with Gasteiger partial charge in [0.1, 0.15) is 0 Å². The summed E-state index contributed by atoms with van der Waals surface area (Å²) in [6.07, 6.45) is -4.74. The molecule has 1 aliphatic heterocycles. The minimum Gasteiger partial charge on any atom is -0.371 e. The van der Waals surface area contributed by atoms with E-state index in [0.29, 0.717) is 24.7 Å². The lowest BCUT2D eigenvalue weighted by Gasteiger charge is -2.32. The van der Waals surface area contributed by atoms with Crippen molar-refractivity contribution in [1.29, 1.82) is 0 Å². The lowest BCUT2D eigenvalue weighted by Crippen LogP contribution is -2.42. The second-order valence-corrected chi connectivity index (χ2v) is 6.67. The number of rotatable bonds is 4. The van der Waals surface area contributed by atoms with Gasteiger partial charge >= 0.3 is 6.18 Å². The molecule has 1 heterocycles. The Labute approximate surface area is 159 Å². The van der Waals surface area contributed by atoms with Crippen LogP contribution in [0, 0.1) is 0 Å². The standard InChI is InChI=1S/C19H18ClF3N2O2/c20-14-7-5-13(6-8-14)17-11-25(9-10-27-17)12-18(26)24-16-4-2-1-3-15(16)19(21,22)23/h1-8,17H,9-12H2,(H,24,26). The van der Waals surface area contributed by atoms with Gasteiger partial charge in [0.2, 0.25) is 5.91 Å². The molecule has 2 aromatic rings. The summed E-state index contributed by atoms with van der Waals surface area (Å²) in [5.74, 6) is -0.497. The zero-order valence-electron chi connectivity index (χ0n) is 14.3. The molecule has 1 amide bonds. The van der Waals surface area contributed by atoms with Gasteiger partial charge in [-0.1, -0.05) is 35.9 Å². The predicted octanol–water partition coefficient (Wildman–Crippen LogP) is 4.37. The lowest BCUT2D eigenvalue weighted by atomic mass is 10.1. The van der Waals surface area contributed by atoms with Crippen LogP contribution in [0.25, 0.3) is 0 Å². The number of nitrogens with zero attached hydrogens (tertiary/aromatic N) is 1. The quantitative estimate of drug-likeness (QED) is 0.831. The van der Waals surface area contributed by atoms with Crippen LogP contribution in [0.5, 0.6) is 0 Å². The van der Waals surface area contributed by atoms with Gasteiger partial charge in [0.25, 0.3) is 0 Å². The minimum absolute atomic E-state index is 0.0142. The number of hydrogen-bond donors (Lipinski definition) is 1. The van der Waals surface area contributed by atoms with E-state index in [0.717, 1.165) is 11.6 Å². The number of carbonyl (C=O) groups is 1. The van der Waals surface area contributed by atoms with Gasteiger partial charge in [0, 0.05) is 18.1 Å². The second kappa shape index (κ2) is 8.29. The summed E-state index contributed by atoms with van der Waals surface area (Å²) < 4.78 is 44.8. The smallest absolute Gasteiger partial charge is 0.371 e. The molecule has 4 nitrogen and oxygen atoms in total. The zero-order valence-corrected chi connectivity index (χ0v) is 15.1. The number of hydrogen-bond acceptors (Lipinski definition) is 3. The van der Waals surface area contributed by atoms with Crippen molar-refractivity contribution >= 4 is 23.2 Å². The summed E-state index contributed by atoms with van der Waals surface area (Å²) in [6, 6.07) is 12.2. The van der Waals surface area contributed by atoms with Gasteiger partial charge < -0.3 is 10.1 Å². The van der Waals surface area contributed by atoms with E-state index in [2.05, 4.69) is 5.32 Å². The van der Waals surface area contributed by atoms with E-state index in [1.54, 1.807) is 12.1 Å². The van der Waals surface area contributed by atoms with Gasteiger partial charge in [-0.05, 0) is 29.8 Å². The number of nitrogens with one attached hydrogen (secondary N) is 1. The average molecular weight is 399 g/mol. The number of benzene rings is 2. The van der Waals surface area contributed by atoms with Gasteiger partial charge in [-0.25, -0.2) is 0 Å². The van der Waals surface area contributed by atoms with Crippen LogP contribution in [-0.4, -0.2) is 37.0 Å². The predicted molar refractivity (Wildman–Crippen MR) is 96.7 cm³/mol. The highest BCUT2D eigenvalue weighted by Crippen LogP contribution is 2.34. The van der Waals surface area contributed by atoms with Crippen molar-refractivity contribution in [3.63, 3.8) is 0 Å². The van der Waals surface area contributed by atoms with Crippen LogP contribution in [0.2, 0.25) is 5.02 Å². The molecule has 0 bridgehead atoms. The summed E-state index contributed by atoms with van der Waals surface area (Å²) in [4.78, 5) is 14.1. The van der Waals surface area contributed by atoms with Crippen molar-refractivity contribution in [2.45, 2.75) is 12.3 Å². The van der Waals surface area contributed by atoms with E-state index in [-0.39, 0.29) is 18.3 Å². The molecule has 1 unspecified atom stereocenters. The third-order valence-electron chi connectivity index (χ3n) is 4.27. The van der Waals surface area contributed by atoms with Crippen LogP contribution in [0.1, 0.15) is 17.2 Å². The number of alkyl halides is 3. The fourth-order valence-corrected chi connectivity index (χ4v) is 3.08. The maximum absolute atomic E-state index is 13.0. The molecule has 27 heavy (non-hydrogen) atoms. The maximum Gasteiger partial charge on any atom is 0.418 e. The molecular weight excluding hydrogens is 381 g/mol. The number of halogens is 4. The van der Waals surface area contributed by atoms with E-state index >= 15 is 0 Å². The Morgan fingerprint density at radius 1 is 1.19 bits per heavy atom. The minimum atomic E-state index is -4.53. The first kappa shape index (κ1) is 19.7. The van der Waals surface area contributed by atoms with E-state index in [9.17, 15) is 18.0 Å². The number of amides is 1. The molecule has 1 saturated heterocycles. The normalized spacial score (nSPS) is 18.3. The molecule has 0 radical (unpaired) electrons. The van der Waals surface area contributed by atoms with Gasteiger partial charge in [-0.15, -0.1) is 0 Å². The van der Waals surface area contributed by atoms with Crippen LogP contribution in [0.15, 0.2) is 48.5 Å². The summed E-state index contributed by atoms with van der Waals surface area (Å²) in [5.41, 5.74) is -0.163. The molecular formula is C19H18ClF3N2O2. The van der Waals surface area contributed by atoms with Crippen LogP contribution in [-0.2, 0) is 15.7 Å². The van der Waals surface area contributed by atoms with Crippen molar-refractivity contribution in [2.75, 3.05) is 31.6 Å². The van der Waals surface area contributed by atoms with Gasteiger partial charge in [0.05, 0.1) is 30.5 Å². The first-order chi connectivity index (χ1) is 12.8. The van der Waals surface area contributed by atoms with E-state index in [4.69, 9.17) is 16.3 Å². The molecule has 0 aliphatic carbocycles. The number of ether oxygens (including phenoxy) is 1.